The minimum atomic E-state index is -3.71. The molecule has 0 spiro atoms. The first-order valence-electron chi connectivity index (χ1n) is 7.66. The van der Waals surface area contributed by atoms with E-state index in [9.17, 15) is 13.2 Å². The van der Waals surface area contributed by atoms with Crippen molar-refractivity contribution >= 4 is 15.9 Å². The van der Waals surface area contributed by atoms with E-state index in [4.69, 9.17) is 10.4 Å². The van der Waals surface area contributed by atoms with Crippen molar-refractivity contribution in [1.29, 1.82) is 5.26 Å². The molecule has 0 aromatic heterocycles. The standard InChI is InChI=1S/C16H20N4O3S/c17-10-14(16(21)20-8-2-1-3-9-20)12-19-11-13-4-6-15(7-5-13)24(18,22)23/h4-7,12,19H,1-3,8-9,11H2,(H2,18,22,23)/b14-12-. The number of likely N-dealkylation sites (tertiary alicyclic amines) is 1. The molecular formula is C16H20N4O3S. The summed E-state index contributed by atoms with van der Waals surface area (Å²) in [6.45, 7) is 1.74. The highest BCUT2D eigenvalue weighted by Crippen LogP contribution is 2.12. The number of piperidine rings is 1. The summed E-state index contributed by atoms with van der Waals surface area (Å²) in [5, 5.41) is 17.1. The van der Waals surface area contributed by atoms with Gasteiger partial charge in [-0.25, -0.2) is 13.6 Å². The van der Waals surface area contributed by atoms with E-state index in [0.29, 0.717) is 19.6 Å². The Bertz CT molecular complexity index is 758. The summed E-state index contributed by atoms with van der Waals surface area (Å²) in [5.41, 5.74) is 0.874. The van der Waals surface area contributed by atoms with Crippen LogP contribution in [0.3, 0.4) is 0 Å². The van der Waals surface area contributed by atoms with E-state index in [1.54, 1.807) is 17.0 Å². The van der Waals surface area contributed by atoms with Crippen LogP contribution in [0.25, 0.3) is 0 Å². The number of hydrogen-bond acceptors (Lipinski definition) is 5. The van der Waals surface area contributed by atoms with Crippen LogP contribution in [0, 0.1) is 11.3 Å². The van der Waals surface area contributed by atoms with Gasteiger partial charge in [-0.05, 0) is 37.0 Å². The fraction of sp³-hybridized carbons (Fsp3) is 0.375. The number of nitrogens with one attached hydrogen (secondary N) is 1. The number of nitrogens with two attached hydrogens (primary N) is 1. The van der Waals surface area contributed by atoms with Crippen molar-refractivity contribution in [2.24, 2.45) is 5.14 Å². The van der Waals surface area contributed by atoms with Gasteiger partial charge in [-0.1, -0.05) is 12.1 Å². The Morgan fingerprint density at radius 1 is 1.25 bits per heavy atom. The van der Waals surface area contributed by atoms with E-state index in [0.717, 1.165) is 24.8 Å². The topological polar surface area (TPSA) is 116 Å². The molecule has 1 aliphatic heterocycles. The van der Waals surface area contributed by atoms with Crippen molar-refractivity contribution in [3.63, 3.8) is 0 Å². The maximum absolute atomic E-state index is 12.2. The SMILES string of the molecule is N#C/C(=C/NCc1ccc(S(N)(=O)=O)cc1)C(=O)N1CCCCC1. The number of nitrogens with zero attached hydrogens (tertiary/aromatic N) is 2. The van der Waals surface area contributed by atoms with Gasteiger partial charge in [0, 0.05) is 25.8 Å². The maximum Gasteiger partial charge on any atom is 0.265 e. The molecule has 0 radical (unpaired) electrons. The van der Waals surface area contributed by atoms with Gasteiger partial charge in [-0.2, -0.15) is 5.26 Å². The molecule has 1 aromatic rings. The molecule has 1 amide bonds. The minimum Gasteiger partial charge on any atom is -0.386 e. The third kappa shape index (κ3) is 4.81. The predicted octanol–water partition coefficient (Wildman–Crippen LogP) is 0.844. The van der Waals surface area contributed by atoms with Gasteiger partial charge in [0.05, 0.1) is 4.90 Å². The average molecular weight is 348 g/mol. The molecule has 2 rings (SSSR count). The van der Waals surface area contributed by atoms with Gasteiger partial charge < -0.3 is 10.2 Å². The largest absolute Gasteiger partial charge is 0.386 e. The Labute approximate surface area is 141 Å². The maximum atomic E-state index is 12.2. The van der Waals surface area contributed by atoms with E-state index >= 15 is 0 Å². The lowest BCUT2D eigenvalue weighted by Gasteiger charge is -2.26. The minimum absolute atomic E-state index is 0.0415. The van der Waals surface area contributed by atoms with Crippen LogP contribution < -0.4 is 10.5 Å². The predicted molar refractivity (Wildman–Crippen MR) is 88.8 cm³/mol. The molecule has 7 nitrogen and oxygen atoms in total. The van der Waals surface area contributed by atoms with E-state index in [1.165, 1.54) is 18.3 Å². The molecule has 0 bridgehead atoms. The lowest BCUT2D eigenvalue weighted by atomic mass is 10.1. The van der Waals surface area contributed by atoms with Gasteiger partial charge in [-0.3, -0.25) is 4.79 Å². The van der Waals surface area contributed by atoms with Gasteiger partial charge in [0.15, 0.2) is 0 Å². The van der Waals surface area contributed by atoms with Crippen LogP contribution in [-0.2, 0) is 21.4 Å². The molecule has 1 heterocycles. The van der Waals surface area contributed by atoms with Crippen LogP contribution in [0.4, 0.5) is 0 Å². The molecule has 0 saturated carbocycles. The first-order valence-corrected chi connectivity index (χ1v) is 9.21. The number of rotatable bonds is 5. The van der Waals surface area contributed by atoms with Gasteiger partial charge in [0.2, 0.25) is 10.0 Å². The summed E-state index contributed by atoms with van der Waals surface area (Å²) in [4.78, 5) is 14.0. The molecule has 128 valence electrons. The third-order valence-electron chi connectivity index (χ3n) is 3.80. The molecule has 0 aliphatic carbocycles. The molecule has 24 heavy (non-hydrogen) atoms. The summed E-state index contributed by atoms with van der Waals surface area (Å²) < 4.78 is 22.4. The molecule has 0 atom stereocenters. The molecule has 1 aromatic carbocycles. The zero-order valence-corrected chi connectivity index (χ0v) is 14.1. The molecule has 8 heteroatoms. The highest BCUT2D eigenvalue weighted by molar-refractivity contribution is 7.89. The molecule has 1 fully saturated rings. The van der Waals surface area contributed by atoms with Crippen molar-refractivity contribution in [2.75, 3.05) is 13.1 Å². The molecular weight excluding hydrogens is 328 g/mol. The monoisotopic (exact) mass is 348 g/mol. The summed E-state index contributed by atoms with van der Waals surface area (Å²) >= 11 is 0. The normalized spacial score (nSPS) is 15.7. The lowest BCUT2D eigenvalue weighted by molar-refractivity contribution is -0.127. The van der Waals surface area contributed by atoms with E-state index in [-0.39, 0.29) is 16.4 Å². The highest BCUT2D eigenvalue weighted by atomic mass is 32.2. The summed E-state index contributed by atoms with van der Waals surface area (Å²) in [5.74, 6) is -0.255. The van der Waals surface area contributed by atoms with Gasteiger partial charge >= 0.3 is 0 Å². The van der Waals surface area contributed by atoms with E-state index in [1.807, 2.05) is 6.07 Å². The summed E-state index contributed by atoms with van der Waals surface area (Å²) in [6.07, 6.45) is 4.45. The second kappa shape index (κ2) is 7.95. The van der Waals surface area contributed by atoms with Crippen LogP contribution in [0.15, 0.2) is 40.9 Å². The van der Waals surface area contributed by atoms with Gasteiger partial charge in [0.1, 0.15) is 11.6 Å². The Balaban J connectivity index is 1.96. The number of primary sulfonamides is 1. The smallest absolute Gasteiger partial charge is 0.265 e. The molecule has 3 N–H and O–H groups in total. The van der Waals surface area contributed by atoms with Crippen molar-refractivity contribution < 1.29 is 13.2 Å². The Hall–Kier alpha value is -2.37. The van der Waals surface area contributed by atoms with Crippen LogP contribution in [0.1, 0.15) is 24.8 Å². The quantitative estimate of drug-likeness (QED) is 0.604. The number of carbonyl (C=O) groups excluding carboxylic acids is 1. The molecule has 1 saturated heterocycles. The lowest BCUT2D eigenvalue weighted by Crippen LogP contribution is -2.36. The Morgan fingerprint density at radius 3 is 2.42 bits per heavy atom. The zero-order chi connectivity index (χ0) is 17.6. The number of benzene rings is 1. The zero-order valence-electron chi connectivity index (χ0n) is 13.2. The van der Waals surface area contributed by atoms with Crippen LogP contribution in [-0.4, -0.2) is 32.3 Å². The van der Waals surface area contributed by atoms with Crippen molar-refractivity contribution in [3.8, 4) is 6.07 Å². The summed E-state index contributed by atoms with van der Waals surface area (Å²) in [7, 11) is -3.71. The van der Waals surface area contributed by atoms with Gasteiger partial charge in [0.25, 0.3) is 5.91 Å². The van der Waals surface area contributed by atoms with Crippen molar-refractivity contribution in [3.05, 3.63) is 41.6 Å². The molecule has 1 aliphatic rings. The van der Waals surface area contributed by atoms with Gasteiger partial charge in [-0.15, -0.1) is 0 Å². The second-order valence-corrected chi connectivity index (χ2v) is 7.15. The number of hydrogen-bond donors (Lipinski definition) is 2. The number of nitriles is 1. The van der Waals surface area contributed by atoms with Crippen LogP contribution in [0.5, 0.6) is 0 Å². The number of sulfonamides is 1. The fourth-order valence-corrected chi connectivity index (χ4v) is 2.99. The number of amides is 1. The van der Waals surface area contributed by atoms with Crippen LogP contribution >= 0.6 is 0 Å². The Morgan fingerprint density at radius 2 is 1.88 bits per heavy atom. The van der Waals surface area contributed by atoms with Crippen LogP contribution in [0.2, 0.25) is 0 Å². The Kier molecular flexibility index (Phi) is 5.95. The fourth-order valence-electron chi connectivity index (χ4n) is 2.48. The van der Waals surface area contributed by atoms with Crippen molar-refractivity contribution in [2.45, 2.75) is 30.7 Å². The first-order chi connectivity index (χ1) is 11.4. The third-order valence-corrected chi connectivity index (χ3v) is 4.73. The highest BCUT2D eigenvalue weighted by Gasteiger charge is 2.20. The molecule has 0 unspecified atom stereocenters. The average Bonchev–Trinajstić information content (AvgIpc) is 2.58. The second-order valence-electron chi connectivity index (χ2n) is 5.59. The van der Waals surface area contributed by atoms with E-state index in [2.05, 4.69) is 5.32 Å². The van der Waals surface area contributed by atoms with Crippen molar-refractivity contribution in [1.82, 2.24) is 10.2 Å². The van der Waals surface area contributed by atoms with E-state index < -0.39 is 10.0 Å². The number of carbonyl (C=O) groups is 1. The first kappa shape index (κ1) is 18.0. The summed E-state index contributed by atoms with van der Waals surface area (Å²) in [6, 6.07) is 8.01.